The summed E-state index contributed by atoms with van der Waals surface area (Å²) in [5.74, 6) is 0. The van der Waals surface area contributed by atoms with E-state index in [1.165, 1.54) is 27.1 Å². The number of rotatable bonds is 2. The summed E-state index contributed by atoms with van der Waals surface area (Å²) in [6.45, 7) is 2.12. The topological polar surface area (TPSA) is 16.8 Å². The SMILES string of the molecule is Cc1ccc(-c2[c-]ccc3c2ccc2ccccc23)[c-]c1-c1ccnc[n+]1C.[B].[Y]. The van der Waals surface area contributed by atoms with Gasteiger partial charge in [-0.3, -0.25) is 4.57 Å². The van der Waals surface area contributed by atoms with E-state index in [4.69, 9.17) is 0 Å². The van der Waals surface area contributed by atoms with E-state index in [1.807, 2.05) is 36.3 Å². The van der Waals surface area contributed by atoms with E-state index in [2.05, 4.69) is 78.6 Å². The molecule has 2 nitrogen and oxygen atoms in total. The summed E-state index contributed by atoms with van der Waals surface area (Å²) in [5, 5.41) is 4.97. The monoisotopic (exact) mass is 459 g/mol. The summed E-state index contributed by atoms with van der Waals surface area (Å²) in [7, 11) is 2.01. The first-order valence-corrected chi connectivity index (χ1v) is 9.38. The predicted molar refractivity (Wildman–Crippen MR) is 119 cm³/mol. The maximum Gasteiger partial charge on any atom is 0.279 e. The molecule has 140 valence electrons. The normalized spacial score (nSPS) is 10.5. The van der Waals surface area contributed by atoms with Crippen LogP contribution < -0.4 is 4.57 Å². The summed E-state index contributed by atoms with van der Waals surface area (Å²) >= 11 is 0. The Balaban J connectivity index is 0.00000128. The van der Waals surface area contributed by atoms with Crippen LogP contribution in [-0.2, 0) is 39.8 Å². The third kappa shape index (κ3) is 3.85. The van der Waals surface area contributed by atoms with E-state index >= 15 is 0 Å². The number of hydrogen-bond donors (Lipinski definition) is 0. The van der Waals surface area contributed by atoms with Crippen LogP contribution in [0.4, 0.5) is 0 Å². The van der Waals surface area contributed by atoms with Gasteiger partial charge in [-0.1, -0.05) is 47.8 Å². The van der Waals surface area contributed by atoms with Gasteiger partial charge in [-0.25, -0.2) is 5.56 Å². The first-order chi connectivity index (χ1) is 13.7. The fourth-order valence-corrected chi connectivity index (χ4v) is 3.87. The van der Waals surface area contributed by atoms with Crippen LogP contribution in [-0.4, -0.2) is 13.4 Å². The zero-order valence-corrected chi connectivity index (χ0v) is 19.9. The van der Waals surface area contributed by atoms with Gasteiger partial charge in [-0.15, -0.1) is 34.5 Å². The molecule has 0 saturated heterocycles. The number of nitrogens with zero attached hydrogens (tertiary/aromatic N) is 2. The Bertz CT molecular complexity index is 1350. The van der Waals surface area contributed by atoms with Crippen LogP contribution in [0.2, 0.25) is 0 Å². The molecule has 30 heavy (non-hydrogen) atoms. The maximum absolute atomic E-state index is 4.19. The van der Waals surface area contributed by atoms with Crippen molar-refractivity contribution >= 4 is 30.0 Å². The second-order valence-corrected chi connectivity index (χ2v) is 7.11. The standard InChI is InChI=1S/C26H19N2.B.Y/c1-18-10-11-20(16-25(18)26-14-15-27-17-28(26)2)22-8-5-9-23-21-7-4-3-6-19(21)12-13-24(22)23;;/h3-7,9-15,17H,1-2H3;;/q-1;;. The average molecular weight is 459 g/mol. The number of benzene rings is 4. The van der Waals surface area contributed by atoms with Crippen molar-refractivity contribution in [3.8, 4) is 22.4 Å². The summed E-state index contributed by atoms with van der Waals surface area (Å²) in [6.07, 6.45) is 3.65. The molecule has 0 fully saturated rings. The molecular weight excluding hydrogens is 440 g/mol. The Labute approximate surface area is 204 Å². The number of aromatic nitrogens is 2. The van der Waals surface area contributed by atoms with Crippen molar-refractivity contribution in [2.75, 3.05) is 0 Å². The molecule has 0 N–H and O–H groups in total. The van der Waals surface area contributed by atoms with Gasteiger partial charge in [0.2, 0.25) is 0 Å². The zero-order valence-electron chi connectivity index (χ0n) is 17.1. The van der Waals surface area contributed by atoms with Crippen LogP contribution in [0.1, 0.15) is 5.56 Å². The van der Waals surface area contributed by atoms with Gasteiger partial charge < -0.3 is 0 Å². The summed E-state index contributed by atoms with van der Waals surface area (Å²) in [4.78, 5) is 4.19. The molecule has 5 rings (SSSR count). The molecular formula is C26H19BN2Y-. The largest absolute Gasteiger partial charge is 0.279 e. The van der Waals surface area contributed by atoms with E-state index in [0.717, 1.165) is 22.4 Å². The molecule has 0 bridgehead atoms. The number of fused-ring (bicyclic) bond motifs is 3. The van der Waals surface area contributed by atoms with E-state index in [0.29, 0.717) is 0 Å². The molecule has 0 aliphatic rings. The zero-order chi connectivity index (χ0) is 19.1. The van der Waals surface area contributed by atoms with Crippen LogP contribution in [0.5, 0.6) is 0 Å². The van der Waals surface area contributed by atoms with Crippen molar-refractivity contribution in [3.63, 3.8) is 0 Å². The van der Waals surface area contributed by atoms with Gasteiger partial charge in [0.15, 0.2) is 0 Å². The molecule has 0 unspecified atom stereocenters. The fourth-order valence-electron chi connectivity index (χ4n) is 3.87. The minimum Gasteiger partial charge on any atom is -0.266 e. The van der Waals surface area contributed by atoms with Crippen LogP contribution in [0.25, 0.3) is 43.9 Å². The molecule has 0 atom stereocenters. The fraction of sp³-hybridized carbons (Fsp3) is 0.0769. The molecule has 1 aromatic heterocycles. The maximum atomic E-state index is 4.19. The van der Waals surface area contributed by atoms with Crippen molar-refractivity contribution in [3.05, 3.63) is 97.0 Å². The average Bonchev–Trinajstić information content (AvgIpc) is 2.74. The molecule has 1 heterocycles. The quantitative estimate of drug-likeness (QED) is 0.156. The number of hydrogen-bond acceptors (Lipinski definition) is 1. The van der Waals surface area contributed by atoms with Crippen LogP contribution in [0.3, 0.4) is 0 Å². The third-order valence-corrected chi connectivity index (χ3v) is 5.34. The van der Waals surface area contributed by atoms with Gasteiger partial charge in [0.1, 0.15) is 6.20 Å². The Morgan fingerprint density at radius 2 is 1.67 bits per heavy atom. The Kier molecular flexibility index (Phi) is 6.85. The van der Waals surface area contributed by atoms with Crippen LogP contribution in [0, 0.1) is 19.1 Å². The smallest absolute Gasteiger partial charge is 0.266 e. The number of aryl methyl sites for hydroxylation is 2. The Morgan fingerprint density at radius 3 is 2.50 bits per heavy atom. The molecule has 0 amide bonds. The van der Waals surface area contributed by atoms with Gasteiger partial charge >= 0.3 is 0 Å². The van der Waals surface area contributed by atoms with E-state index in [1.54, 1.807) is 0 Å². The van der Waals surface area contributed by atoms with Crippen molar-refractivity contribution in [2.24, 2.45) is 7.05 Å². The summed E-state index contributed by atoms with van der Waals surface area (Å²) in [5.41, 5.74) is 5.52. The molecule has 0 aliphatic carbocycles. The molecule has 0 spiro atoms. The van der Waals surface area contributed by atoms with E-state index in [9.17, 15) is 0 Å². The van der Waals surface area contributed by atoms with Crippen molar-refractivity contribution in [2.45, 2.75) is 6.92 Å². The molecule has 0 aliphatic heterocycles. The van der Waals surface area contributed by atoms with E-state index < -0.39 is 0 Å². The third-order valence-electron chi connectivity index (χ3n) is 5.34. The van der Waals surface area contributed by atoms with Gasteiger partial charge in [-0.05, 0) is 16.8 Å². The predicted octanol–water partition coefficient (Wildman–Crippen LogP) is 5.07. The van der Waals surface area contributed by atoms with Crippen molar-refractivity contribution < 1.29 is 37.3 Å². The molecule has 0 saturated carbocycles. The van der Waals surface area contributed by atoms with Crippen LogP contribution >= 0.6 is 0 Å². The van der Waals surface area contributed by atoms with Crippen molar-refractivity contribution in [1.29, 1.82) is 0 Å². The molecule has 4 radical (unpaired) electrons. The minimum atomic E-state index is 0. The summed E-state index contributed by atoms with van der Waals surface area (Å²) < 4.78 is 2.03. The molecule has 4 aromatic carbocycles. The van der Waals surface area contributed by atoms with Crippen LogP contribution in [0.15, 0.2) is 79.3 Å². The van der Waals surface area contributed by atoms with Gasteiger partial charge in [0.25, 0.3) is 6.33 Å². The van der Waals surface area contributed by atoms with Gasteiger partial charge in [0, 0.05) is 41.1 Å². The van der Waals surface area contributed by atoms with Crippen molar-refractivity contribution in [1.82, 2.24) is 4.98 Å². The Hall–Kier alpha value is -2.35. The first-order valence-electron chi connectivity index (χ1n) is 9.38. The second-order valence-electron chi connectivity index (χ2n) is 7.11. The molecule has 4 heteroatoms. The van der Waals surface area contributed by atoms with E-state index in [-0.39, 0.29) is 41.1 Å². The minimum absolute atomic E-state index is 0. The summed E-state index contributed by atoms with van der Waals surface area (Å²) in [6, 6.07) is 30.5. The Morgan fingerprint density at radius 1 is 0.833 bits per heavy atom. The van der Waals surface area contributed by atoms with Gasteiger partial charge in [0.05, 0.1) is 12.7 Å². The molecule has 5 aromatic rings. The first kappa shape index (κ1) is 22.3. The van der Waals surface area contributed by atoms with Gasteiger partial charge in [-0.2, -0.15) is 29.8 Å². The second kappa shape index (κ2) is 9.20.